The first-order valence-electron chi connectivity index (χ1n) is 14.8. The molecule has 2 heterocycles. The van der Waals surface area contributed by atoms with Crippen LogP contribution in [-0.4, -0.2) is 52.1 Å². The maximum absolute atomic E-state index is 4.85. The van der Waals surface area contributed by atoms with Gasteiger partial charge in [0.15, 0.2) is 0 Å². The number of hydrogen-bond donors (Lipinski definition) is 5. The summed E-state index contributed by atoms with van der Waals surface area (Å²) in [7, 11) is 0. The van der Waals surface area contributed by atoms with E-state index in [0.29, 0.717) is 12.6 Å². The highest BCUT2D eigenvalue weighted by Crippen LogP contribution is 2.12. The fraction of sp³-hybridized carbons (Fsp3) is 0.353. The summed E-state index contributed by atoms with van der Waals surface area (Å²) in [4.78, 5) is 15.0. The first kappa shape index (κ1) is 32.7. The highest BCUT2D eigenvalue weighted by atomic mass is 15.2. The van der Waals surface area contributed by atoms with Gasteiger partial charge in [-0.2, -0.15) is 0 Å². The summed E-state index contributed by atoms with van der Waals surface area (Å²) in [5.41, 5.74) is 10.6. The van der Waals surface area contributed by atoms with Gasteiger partial charge in [0.05, 0.1) is 23.3 Å². The van der Waals surface area contributed by atoms with Gasteiger partial charge in [0.2, 0.25) is 0 Å². The van der Waals surface area contributed by atoms with Crippen LogP contribution < -0.4 is 21.7 Å². The Morgan fingerprint density at radius 2 is 1.69 bits per heavy atom. The molecule has 4 rings (SSSR count). The van der Waals surface area contributed by atoms with E-state index in [4.69, 9.17) is 5.73 Å². The Morgan fingerprint density at radius 3 is 2.40 bits per heavy atom. The van der Waals surface area contributed by atoms with Crippen molar-refractivity contribution in [3.63, 3.8) is 0 Å². The fourth-order valence-electron chi connectivity index (χ4n) is 4.46. The number of rotatable bonds is 17. The first-order chi connectivity index (χ1) is 20.6. The molecule has 8 heteroatoms. The number of aromatic amines is 1. The molecule has 1 atom stereocenters. The average Bonchev–Trinajstić information content (AvgIpc) is 3.44. The second kappa shape index (κ2) is 19.3. The van der Waals surface area contributed by atoms with Crippen LogP contribution in [0.2, 0.25) is 0 Å². The van der Waals surface area contributed by atoms with Crippen molar-refractivity contribution in [3.8, 4) is 0 Å². The Hall–Kier alpha value is -3.82. The van der Waals surface area contributed by atoms with Gasteiger partial charge >= 0.3 is 0 Å². The van der Waals surface area contributed by atoms with Crippen LogP contribution in [-0.2, 0) is 26.2 Å². The van der Waals surface area contributed by atoms with Gasteiger partial charge in [0, 0.05) is 51.5 Å². The highest BCUT2D eigenvalue weighted by Gasteiger charge is 2.14. The molecular weight excluding hydrogens is 520 g/mol. The van der Waals surface area contributed by atoms with Crippen LogP contribution in [0.25, 0.3) is 11.0 Å². The van der Waals surface area contributed by atoms with Crippen molar-refractivity contribution >= 4 is 11.0 Å². The van der Waals surface area contributed by atoms with E-state index in [2.05, 4.69) is 85.7 Å². The van der Waals surface area contributed by atoms with E-state index < -0.39 is 0 Å². The number of nitrogens with zero attached hydrogens (tertiary/aromatic N) is 3. The van der Waals surface area contributed by atoms with E-state index in [-0.39, 0.29) is 0 Å². The number of benzene rings is 2. The Labute approximate surface area is 251 Å². The molecule has 0 spiro atoms. The largest absolute Gasteiger partial charge is 0.405 e. The first-order valence-corrected chi connectivity index (χ1v) is 14.8. The number of aromatic nitrogens is 3. The van der Waals surface area contributed by atoms with Crippen LogP contribution in [0, 0.1) is 0 Å². The number of nitrogens with two attached hydrogens (primary N) is 1. The maximum atomic E-state index is 4.85. The number of allylic oxidation sites excluding steroid dienone is 1. The standard InChI is InChI=1S/C31H41N7.C3H7N/c1-3-4-16-32-18-19-38(25(2)20-33-22-28-9-7-8-17-35-28)24-27-14-12-26(13-15-27)21-34-23-31-36-29-10-5-6-11-30(29)37-31;1-2-3-4/h3,5-15,17,25,32-34H,1,4,16,18-24H2,2H3,(H,36,37);2-3H,4H2,1H3/b;3-2-. The third-order valence-corrected chi connectivity index (χ3v) is 6.86. The SMILES string of the molecule is C/C=C\N.C=CCCNCCN(Cc1ccc(CNCc2nc3ccccc3[nH]2)cc1)C(C)CNCc1ccccn1. The molecule has 6 N–H and O–H groups in total. The monoisotopic (exact) mass is 568 g/mol. The molecule has 0 aliphatic rings. The summed E-state index contributed by atoms with van der Waals surface area (Å²) in [5, 5.41) is 10.6. The summed E-state index contributed by atoms with van der Waals surface area (Å²) < 4.78 is 0. The van der Waals surface area contributed by atoms with Gasteiger partial charge in [-0.05, 0) is 68.4 Å². The van der Waals surface area contributed by atoms with Crippen molar-refractivity contribution < 1.29 is 0 Å². The molecule has 0 saturated heterocycles. The Bertz CT molecular complexity index is 1260. The predicted octanol–water partition coefficient (Wildman–Crippen LogP) is 4.87. The minimum Gasteiger partial charge on any atom is -0.405 e. The lowest BCUT2D eigenvalue weighted by molar-refractivity contribution is 0.196. The third-order valence-electron chi connectivity index (χ3n) is 6.86. The van der Waals surface area contributed by atoms with E-state index in [0.717, 1.165) is 74.8 Å². The maximum Gasteiger partial charge on any atom is 0.121 e. The molecule has 0 aliphatic heterocycles. The lowest BCUT2D eigenvalue weighted by Gasteiger charge is -2.30. The number of pyridine rings is 1. The van der Waals surface area contributed by atoms with Gasteiger partial charge in [0.25, 0.3) is 0 Å². The molecule has 0 bridgehead atoms. The molecule has 1 unspecified atom stereocenters. The van der Waals surface area contributed by atoms with Crippen molar-refractivity contribution in [2.24, 2.45) is 5.73 Å². The smallest absolute Gasteiger partial charge is 0.121 e. The van der Waals surface area contributed by atoms with E-state index in [9.17, 15) is 0 Å². The topological polar surface area (TPSA) is 107 Å². The molecule has 42 heavy (non-hydrogen) atoms. The molecule has 0 aliphatic carbocycles. The number of H-pyrrole nitrogens is 1. The van der Waals surface area contributed by atoms with Gasteiger partial charge in [-0.3, -0.25) is 9.88 Å². The number of fused-ring (bicyclic) bond motifs is 1. The zero-order valence-corrected chi connectivity index (χ0v) is 25.2. The number of nitrogens with one attached hydrogen (secondary N) is 4. The molecule has 0 saturated carbocycles. The minimum absolute atomic E-state index is 0.394. The second-order valence-electron chi connectivity index (χ2n) is 10.2. The van der Waals surface area contributed by atoms with Crippen LogP contribution in [0.1, 0.15) is 42.9 Å². The molecule has 224 valence electrons. The van der Waals surface area contributed by atoms with Crippen LogP contribution in [0.15, 0.2) is 97.9 Å². The number of para-hydroxylation sites is 2. The van der Waals surface area contributed by atoms with Crippen molar-refractivity contribution in [3.05, 3.63) is 121 Å². The summed E-state index contributed by atoms with van der Waals surface area (Å²) in [6, 6.07) is 23.5. The van der Waals surface area contributed by atoms with E-state index in [1.165, 1.54) is 17.3 Å². The molecule has 0 radical (unpaired) electrons. The van der Waals surface area contributed by atoms with Gasteiger partial charge < -0.3 is 26.7 Å². The van der Waals surface area contributed by atoms with Crippen LogP contribution in [0.3, 0.4) is 0 Å². The number of hydrogen-bond acceptors (Lipinski definition) is 7. The minimum atomic E-state index is 0.394. The summed E-state index contributed by atoms with van der Waals surface area (Å²) in [6.45, 7) is 15.0. The van der Waals surface area contributed by atoms with E-state index in [1.807, 2.05) is 49.5 Å². The normalized spacial score (nSPS) is 12.0. The number of imidazole rings is 1. The van der Waals surface area contributed by atoms with Crippen LogP contribution >= 0.6 is 0 Å². The summed E-state index contributed by atoms with van der Waals surface area (Å²) in [6.07, 6.45) is 8.08. The lowest BCUT2D eigenvalue weighted by Crippen LogP contribution is -2.43. The fourth-order valence-corrected chi connectivity index (χ4v) is 4.46. The Balaban J connectivity index is 0.00000114. The third kappa shape index (κ3) is 12.0. The average molecular weight is 569 g/mol. The molecule has 2 aromatic heterocycles. The van der Waals surface area contributed by atoms with Gasteiger partial charge in [-0.25, -0.2) is 4.98 Å². The van der Waals surface area contributed by atoms with Crippen molar-refractivity contribution in [1.29, 1.82) is 0 Å². The predicted molar refractivity (Wildman–Crippen MR) is 176 cm³/mol. The van der Waals surface area contributed by atoms with Crippen LogP contribution in [0.4, 0.5) is 0 Å². The van der Waals surface area contributed by atoms with Gasteiger partial charge in [-0.15, -0.1) is 6.58 Å². The van der Waals surface area contributed by atoms with E-state index in [1.54, 1.807) is 6.08 Å². The second-order valence-corrected chi connectivity index (χ2v) is 10.2. The molecule has 4 aromatic rings. The van der Waals surface area contributed by atoms with E-state index >= 15 is 0 Å². The molecule has 8 nitrogen and oxygen atoms in total. The zero-order valence-electron chi connectivity index (χ0n) is 25.2. The molecule has 2 aromatic carbocycles. The Kier molecular flexibility index (Phi) is 15.0. The van der Waals surface area contributed by atoms with Gasteiger partial charge in [0.1, 0.15) is 5.82 Å². The zero-order chi connectivity index (χ0) is 29.8. The molecule has 0 fully saturated rings. The van der Waals surface area contributed by atoms with Crippen LogP contribution in [0.5, 0.6) is 0 Å². The quantitative estimate of drug-likeness (QED) is 0.0914. The summed E-state index contributed by atoms with van der Waals surface area (Å²) in [5.74, 6) is 0.964. The molecule has 0 amide bonds. The Morgan fingerprint density at radius 1 is 0.929 bits per heavy atom. The van der Waals surface area contributed by atoms with Gasteiger partial charge in [-0.1, -0.05) is 54.6 Å². The van der Waals surface area contributed by atoms with Crippen molar-refractivity contribution in [2.45, 2.75) is 52.5 Å². The van der Waals surface area contributed by atoms with Crippen molar-refractivity contribution in [1.82, 2.24) is 35.8 Å². The van der Waals surface area contributed by atoms with Crippen molar-refractivity contribution in [2.75, 3.05) is 26.2 Å². The lowest BCUT2D eigenvalue weighted by atomic mass is 10.1. The summed E-state index contributed by atoms with van der Waals surface area (Å²) >= 11 is 0. The molecular formula is C34H48N8. The highest BCUT2D eigenvalue weighted by molar-refractivity contribution is 5.74.